The fourth-order valence-corrected chi connectivity index (χ4v) is 4.73. The highest BCUT2D eigenvalue weighted by Crippen LogP contribution is 2.18. The number of rotatable bonds is 13. The molecule has 44 heavy (non-hydrogen) atoms. The molecule has 12 nitrogen and oxygen atoms in total. The number of nitrogens with one attached hydrogen (secondary N) is 3. The van der Waals surface area contributed by atoms with Crippen LogP contribution in [0.25, 0.3) is 10.8 Å². The summed E-state index contributed by atoms with van der Waals surface area (Å²) >= 11 is 0. The largest absolute Gasteiger partial charge is 0.433 e. The maximum absolute atomic E-state index is 13.6. The third-order valence-electron chi connectivity index (χ3n) is 6.84. The summed E-state index contributed by atoms with van der Waals surface area (Å²) in [5, 5.41) is 9.58. The minimum atomic E-state index is -1.05. The van der Waals surface area contributed by atoms with Gasteiger partial charge in [-0.1, -0.05) is 49.0 Å². The second-order valence-electron chi connectivity index (χ2n) is 10.3. The van der Waals surface area contributed by atoms with Gasteiger partial charge in [-0.15, -0.1) is 0 Å². The molecular formula is C32H35N5O7. The van der Waals surface area contributed by atoms with E-state index in [2.05, 4.69) is 27.5 Å². The van der Waals surface area contributed by atoms with Crippen LogP contribution >= 0.6 is 0 Å². The number of benzene rings is 2. The van der Waals surface area contributed by atoms with E-state index in [0.29, 0.717) is 16.5 Å². The second kappa shape index (κ2) is 14.9. The molecule has 12 heteroatoms. The summed E-state index contributed by atoms with van der Waals surface area (Å²) in [4.78, 5) is 69.6. The van der Waals surface area contributed by atoms with E-state index in [1.807, 2.05) is 12.1 Å². The number of aromatic nitrogens is 1. The molecule has 4 amide bonds. The Bertz CT molecular complexity index is 1540. The van der Waals surface area contributed by atoms with Crippen LogP contribution in [0.4, 0.5) is 0 Å². The summed E-state index contributed by atoms with van der Waals surface area (Å²) in [6.07, 6.45) is 0.504. The number of carbonyl (C=O) groups excluding carboxylic acids is 5. The van der Waals surface area contributed by atoms with Gasteiger partial charge in [0.2, 0.25) is 18.1 Å². The lowest BCUT2D eigenvalue weighted by atomic mass is 10.1. The van der Waals surface area contributed by atoms with Crippen LogP contribution in [0.3, 0.4) is 0 Å². The normalized spacial score (nSPS) is 16.5. The predicted molar refractivity (Wildman–Crippen MR) is 161 cm³/mol. The molecule has 0 spiro atoms. The highest BCUT2D eigenvalue weighted by atomic mass is 16.7. The quantitative estimate of drug-likeness (QED) is 0.198. The van der Waals surface area contributed by atoms with Gasteiger partial charge in [-0.25, -0.2) is 0 Å². The Morgan fingerprint density at radius 2 is 1.77 bits per heavy atom. The Balaban J connectivity index is 1.45. The smallest absolute Gasteiger partial charge is 0.310 e. The molecule has 0 aliphatic carbocycles. The Morgan fingerprint density at radius 1 is 1.05 bits per heavy atom. The van der Waals surface area contributed by atoms with Crippen LogP contribution in [-0.4, -0.2) is 84.1 Å². The molecule has 3 atom stereocenters. The lowest BCUT2D eigenvalue weighted by Gasteiger charge is -2.27. The molecule has 3 N–H and O–H groups in total. The molecule has 2 heterocycles. The number of amides is 4. The van der Waals surface area contributed by atoms with E-state index in [0.717, 1.165) is 5.39 Å². The highest BCUT2D eigenvalue weighted by molar-refractivity contribution is 6.06. The molecule has 0 bridgehead atoms. The molecule has 1 fully saturated rings. The van der Waals surface area contributed by atoms with Gasteiger partial charge < -0.3 is 30.3 Å². The first-order valence-corrected chi connectivity index (χ1v) is 14.2. The van der Waals surface area contributed by atoms with Gasteiger partial charge in [0.1, 0.15) is 17.8 Å². The zero-order valence-corrected chi connectivity index (χ0v) is 24.6. The number of carbonyl (C=O) groups is 5. The lowest BCUT2D eigenvalue weighted by molar-refractivity contribution is -0.164. The average Bonchev–Trinajstić information content (AvgIpc) is 3.36. The van der Waals surface area contributed by atoms with Gasteiger partial charge in [0.15, 0.2) is 0 Å². The van der Waals surface area contributed by atoms with Crippen LogP contribution in [0.1, 0.15) is 41.1 Å². The number of esters is 1. The molecule has 1 saturated heterocycles. The number of nitrogens with zero attached hydrogens (tertiary/aromatic N) is 2. The third kappa shape index (κ3) is 8.26. The SMILES string of the molecule is C=C(CNC(=O)c1ccccc1)CN(CC(=O)NC1CC(=O)OC1OCC)C(=O)C(C)NC(=O)c1nccc2ccccc12. The molecule has 1 aromatic heterocycles. The molecule has 0 radical (unpaired) electrons. The number of fused-ring (bicyclic) bond motifs is 1. The van der Waals surface area contributed by atoms with E-state index in [9.17, 15) is 24.0 Å². The van der Waals surface area contributed by atoms with Crippen molar-refractivity contribution in [3.8, 4) is 0 Å². The number of cyclic esters (lactones) is 1. The maximum atomic E-state index is 13.6. The fourth-order valence-electron chi connectivity index (χ4n) is 4.73. The Labute approximate surface area is 254 Å². The molecule has 2 aromatic carbocycles. The number of ether oxygens (including phenoxy) is 2. The minimum Gasteiger partial charge on any atom is -0.433 e. The Morgan fingerprint density at radius 3 is 2.52 bits per heavy atom. The first kappa shape index (κ1) is 31.8. The zero-order valence-electron chi connectivity index (χ0n) is 24.6. The lowest BCUT2D eigenvalue weighted by Crippen LogP contribution is -2.52. The summed E-state index contributed by atoms with van der Waals surface area (Å²) in [7, 11) is 0. The first-order valence-electron chi connectivity index (χ1n) is 14.2. The molecule has 3 unspecified atom stereocenters. The molecular weight excluding hydrogens is 566 g/mol. The van der Waals surface area contributed by atoms with Crippen LogP contribution in [0.2, 0.25) is 0 Å². The first-order chi connectivity index (χ1) is 21.2. The molecule has 1 aliphatic heterocycles. The summed E-state index contributed by atoms with van der Waals surface area (Å²) in [6, 6.07) is 15.9. The van der Waals surface area contributed by atoms with Crippen LogP contribution in [0.5, 0.6) is 0 Å². The van der Waals surface area contributed by atoms with E-state index in [4.69, 9.17) is 9.47 Å². The Hall–Kier alpha value is -5.10. The molecule has 4 rings (SSSR count). The summed E-state index contributed by atoms with van der Waals surface area (Å²) in [6.45, 7) is 7.02. The van der Waals surface area contributed by atoms with Gasteiger partial charge in [0.05, 0.1) is 13.0 Å². The van der Waals surface area contributed by atoms with Gasteiger partial charge in [0, 0.05) is 36.8 Å². The van der Waals surface area contributed by atoms with Crippen molar-refractivity contribution in [2.45, 2.75) is 38.6 Å². The van der Waals surface area contributed by atoms with Crippen molar-refractivity contribution in [3.63, 3.8) is 0 Å². The van der Waals surface area contributed by atoms with Crippen molar-refractivity contribution >= 4 is 40.4 Å². The van der Waals surface area contributed by atoms with E-state index in [-0.39, 0.29) is 37.7 Å². The summed E-state index contributed by atoms with van der Waals surface area (Å²) in [5.41, 5.74) is 1.06. The van der Waals surface area contributed by atoms with E-state index < -0.39 is 48.6 Å². The zero-order chi connectivity index (χ0) is 31.6. The van der Waals surface area contributed by atoms with E-state index >= 15 is 0 Å². The second-order valence-corrected chi connectivity index (χ2v) is 10.3. The predicted octanol–water partition coefficient (Wildman–Crippen LogP) is 1.96. The van der Waals surface area contributed by atoms with Gasteiger partial charge in [-0.2, -0.15) is 0 Å². The maximum Gasteiger partial charge on any atom is 0.310 e. The number of hydrogen-bond acceptors (Lipinski definition) is 8. The average molecular weight is 602 g/mol. The van der Waals surface area contributed by atoms with Crippen molar-refractivity contribution < 1.29 is 33.4 Å². The van der Waals surface area contributed by atoms with Crippen LogP contribution in [0.15, 0.2) is 79.0 Å². The molecule has 1 aliphatic rings. The third-order valence-corrected chi connectivity index (χ3v) is 6.84. The van der Waals surface area contributed by atoms with Crippen LogP contribution in [-0.2, 0) is 23.9 Å². The molecule has 3 aromatic rings. The van der Waals surface area contributed by atoms with Crippen molar-refractivity contribution in [2.24, 2.45) is 0 Å². The number of pyridine rings is 1. The van der Waals surface area contributed by atoms with Crippen molar-refractivity contribution in [2.75, 3.05) is 26.2 Å². The van der Waals surface area contributed by atoms with Gasteiger partial charge in [-0.3, -0.25) is 29.0 Å². The van der Waals surface area contributed by atoms with Crippen molar-refractivity contribution in [1.29, 1.82) is 0 Å². The molecule has 0 saturated carbocycles. The van der Waals surface area contributed by atoms with Gasteiger partial charge in [-0.05, 0) is 43.0 Å². The van der Waals surface area contributed by atoms with Gasteiger partial charge in [0.25, 0.3) is 11.8 Å². The van der Waals surface area contributed by atoms with Gasteiger partial charge >= 0.3 is 5.97 Å². The highest BCUT2D eigenvalue weighted by Gasteiger charge is 2.37. The van der Waals surface area contributed by atoms with E-state index in [1.54, 1.807) is 55.5 Å². The Kier molecular flexibility index (Phi) is 10.8. The van der Waals surface area contributed by atoms with Crippen molar-refractivity contribution in [1.82, 2.24) is 25.8 Å². The van der Waals surface area contributed by atoms with Crippen LogP contribution in [0, 0.1) is 0 Å². The fraction of sp³-hybridized carbons (Fsp3) is 0.312. The standard InChI is InChI=1S/C32H35N5O7/c1-4-43-32-25(16-27(39)44-32)36-26(38)19-37(18-20(2)17-34-29(40)23-11-6-5-7-12-23)31(42)21(3)35-30(41)28-24-13-9-8-10-22(24)14-15-33-28/h5-15,21,25,32H,2,4,16-19H2,1,3H3,(H,34,40)(H,35,41)(H,36,38). The monoisotopic (exact) mass is 601 g/mol. The molecule has 230 valence electrons. The number of hydrogen-bond donors (Lipinski definition) is 3. The van der Waals surface area contributed by atoms with Crippen molar-refractivity contribution in [3.05, 3.63) is 90.3 Å². The topological polar surface area (TPSA) is 156 Å². The van der Waals surface area contributed by atoms with Crippen LogP contribution < -0.4 is 16.0 Å². The summed E-state index contributed by atoms with van der Waals surface area (Å²) in [5.74, 6) is -2.52. The summed E-state index contributed by atoms with van der Waals surface area (Å²) < 4.78 is 10.5. The minimum absolute atomic E-state index is 0.0389. The van der Waals surface area contributed by atoms with E-state index in [1.165, 1.54) is 18.0 Å².